The topological polar surface area (TPSA) is 63.6 Å². The van der Waals surface area contributed by atoms with E-state index in [2.05, 4.69) is 36.3 Å². The number of hydrazone groups is 1. The molecule has 6 nitrogen and oxygen atoms in total. The lowest BCUT2D eigenvalue weighted by molar-refractivity contribution is -0.132. The van der Waals surface area contributed by atoms with Crippen molar-refractivity contribution in [2.45, 2.75) is 32.7 Å². The van der Waals surface area contributed by atoms with E-state index in [0.29, 0.717) is 18.6 Å². The molecule has 1 amide bonds. The number of rotatable bonds is 5. The van der Waals surface area contributed by atoms with E-state index in [1.165, 1.54) is 5.56 Å². The Bertz CT molecular complexity index is 1260. The molecule has 3 heterocycles. The van der Waals surface area contributed by atoms with Gasteiger partial charge < -0.3 is 4.42 Å². The molecule has 0 fully saturated rings. The maximum atomic E-state index is 12.8. The third kappa shape index (κ3) is 3.64. The molecular formula is C26H24N4O2. The quantitative estimate of drug-likeness (QED) is 0.423. The summed E-state index contributed by atoms with van der Waals surface area (Å²) in [5.74, 6) is 0.660. The molecule has 5 rings (SSSR count). The number of hydrogen-bond donors (Lipinski definition) is 0. The SMILES string of the molecule is CCC(=O)N1N=C(c2ccco2)C[C@@H]1c1cn(-c2ccccc2)nc1-c1ccc(C)cc1. The van der Waals surface area contributed by atoms with Crippen molar-refractivity contribution in [2.24, 2.45) is 5.10 Å². The number of carbonyl (C=O) groups is 1. The molecule has 6 heteroatoms. The molecule has 1 aliphatic heterocycles. The average molecular weight is 425 g/mol. The maximum Gasteiger partial charge on any atom is 0.242 e. The van der Waals surface area contributed by atoms with Crippen molar-refractivity contribution in [3.8, 4) is 16.9 Å². The first-order valence-corrected chi connectivity index (χ1v) is 10.8. The van der Waals surface area contributed by atoms with Crippen molar-refractivity contribution >= 4 is 11.6 Å². The van der Waals surface area contributed by atoms with Crippen molar-refractivity contribution in [1.82, 2.24) is 14.8 Å². The van der Waals surface area contributed by atoms with Gasteiger partial charge in [-0.3, -0.25) is 4.79 Å². The van der Waals surface area contributed by atoms with E-state index < -0.39 is 0 Å². The van der Waals surface area contributed by atoms with Crippen LogP contribution in [0.4, 0.5) is 0 Å². The smallest absolute Gasteiger partial charge is 0.242 e. The van der Waals surface area contributed by atoms with Crippen LogP contribution in [0, 0.1) is 6.92 Å². The van der Waals surface area contributed by atoms with E-state index >= 15 is 0 Å². The highest BCUT2D eigenvalue weighted by Crippen LogP contribution is 2.38. The normalized spacial score (nSPS) is 15.8. The number of benzene rings is 2. The largest absolute Gasteiger partial charge is 0.463 e. The first-order valence-electron chi connectivity index (χ1n) is 10.8. The van der Waals surface area contributed by atoms with E-state index in [-0.39, 0.29) is 11.9 Å². The molecule has 160 valence electrons. The fourth-order valence-corrected chi connectivity index (χ4v) is 4.02. The third-order valence-electron chi connectivity index (χ3n) is 5.72. The van der Waals surface area contributed by atoms with E-state index in [1.807, 2.05) is 60.3 Å². The Labute approximate surface area is 186 Å². The van der Waals surface area contributed by atoms with Crippen molar-refractivity contribution in [3.05, 3.63) is 96.1 Å². The van der Waals surface area contributed by atoms with Crippen LogP contribution < -0.4 is 0 Å². The lowest BCUT2D eigenvalue weighted by Gasteiger charge is -2.21. The zero-order valence-corrected chi connectivity index (χ0v) is 18.1. The molecule has 0 aliphatic carbocycles. The molecule has 0 saturated heterocycles. The van der Waals surface area contributed by atoms with Gasteiger partial charge in [-0.25, -0.2) is 9.69 Å². The summed E-state index contributed by atoms with van der Waals surface area (Å²) in [5.41, 5.74) is 5.74. The third-order valence-corrected chi connectivity index (χ3v) is 5.72. The number of hydrogen-bond acceptors (Lipinski definition) is 4. The number of nitrogens with zero attached hydrogens (tertiary/aromatic N) is 4. The molecule has 0 N–H and O–H groups in total. The molecule has 0 bridgehead atoms. The predicted octanol–water partition coefficient (Wildman–Crippen LogP) is 5.53. The van der Waals surface area contributed by atoms with Crippen LogP contribution in [-0.2, 0) is 4.79 Å². The second-order valence-corrected chi connectivity index (χ2v) is 7.91. The summed E-state index contributed by atoms with van der Waals surface area (Å²) in [4.78, 5) is 12.8. The van der Waals surface area contributed by atoms with Crippen LogP contribution in [0.15, 0.2) is 88.7 Å². The van der Waals surface area contributed by atoms with E-state index in [1.54, 1.807) is 11.3 Å². The molecule has 0 radical (unpaired) electrons. The van der Waals surface area contributed by atoms with Gasteiger partial charge in [-0.05, 0) is 31.2 Å². The molecule has 1 aliphatic rings. The van der Waals surface area contributed by atoms with Gasteiger partial charge in [-0.2, -0.15) is 10.2 Å². The molecule has 1 atom stereocenters. The Morgan fingerprint density at radius 3 is 2.53 bits per heavy atom. The van der Waals surface area contributed by atoms with Gasteiger partial charge in [0, 0.05) is 30.2 Å². The summed E-state index contributed by atoms with van der Waals surface area (Å²) in [6.07, 6.45) is 4.59. The van der Waals surface area contributed by atoms with Crippen LogP contribution in [-0.4, -0.2) is 26.4 Å². The van der Waals surface area contributed by atoms with E-state index in [4.69, 9.17) is 9.52 Å². The summed E-state index contributed by atoms with van der Waals surface area (Å²) in [7, 11) is 0. The number of para-hydroxylation sites is 1. The van der Waals surface area contributed by atoms with Crippen molar-refractivity contribution in [3.63, 3.8) is 0 Å². The molecule has 32 heavy (non-hydrogen) atoms. The Morgan fingerprint density at radius 2 is 1.84 bits per heavy atom. The fourth-order valence-electron chi connectivity index (χ4n) is 4.02. The monoisotopic (exact) mass is 424 g/mol. The molecule has 2 aromatic heterocycles. The standard InChI is InChI=1S/C26H24N4O2/c1-3-25(31)30-23(16-22(27-30)24-10-7-15-32-24)21-17-29(20-8-5-4-6-9-20)28-26(21)19-13-11-18(2)12-14-19/h4-15,17,23H,3,16H2,1-2H3/t23-/m1/s1. The van der Waals surface area contributed by atoms with Crippen molar-refractivity contribution in [1.29, 1.82) is 0 Å². The Morgan fingerprint density at radius 1 is 1.06 bits per heavy atom. The summed E-state index contributed by atoms with van der Waals surface area (Å²) < 4.78 is 7.46. The Hall–Kier alpha value is -3.93. The van der Waals surface area contributed by atoms with Gasteiger partial charge in [0.15, 0.2) is 0 Å². The number of carbonyl (C=O) groups excluding carboxylic acids is 1. The summed E-state index contributed by atoms with van der Waals surface area (Å²) in [5, 5.41) is 11.2. The zero-order valence-electron chi connectivity index (χ0n) is 18.1. The molecular weight excluding hydrogens is 400 g/mol. The summed E-state index contributed by atoms with van der Waals surface area (Å²) in [6.45, 7) is 3.92. The van der Waals surface area contributed by atoms with E-state index in [9.17, 15) is 4.79 Å². The van der Waals surface area contributed by atoms with Gasteiger partial charge in [0.05, 0.1) is 23.7 Å². The summed E-state index contributed by atoms with van der Waals surface area (Å²) in [6, 6.07) is 21.8. The number of amides is 1. The van der Waals surface area contributed by atoms with Gasteiger partial charge >= 0.3 is 0 Å². The highest BCUT2D eigenvalue weighted by Gasteiger charge is 2.36. The fraction of sp³-hybridized carbons (Fsp3) is 0.192. The summed E-state index contributed by atoms with van der Waals surface area (Å²) >= 11 is 0. The van der Waals surface area contributed by atoms with Crippen LogP contribution in [0.5, 0.6) is 0 Å². The number of furan rings is 1. The van der Waals surface area contributed by atoms with Gasteiger partial charge in [-0.1, -0.05) is 55.0 Å². The van der Waals surface area contributed by atoms with Crippen molar-refractivity contribution in [2.75, 3.05) is 0 Å². The minimum absolute atomic E-state index is 0.0288. The van der Waals surface area contributed by atoms with Gasteiger partial charge in [0.2, 0.25) is 5.91 Å². The first-order chi connectivity index (χ1) is 15.6. The van der Waals surface area contributed by atoms with Crippen LogP contribution in [0.2, 0.25) is 0 Å². The molecule has 2 aromatic carbocycles. The minimum atomic E-state index is -0.253. The molecule has 0 saturated carbocycles. The van der Waals surface area contributed by atoms with Gasteiger partial charge in [0.25, 0.3) is 0 Å². The first kappa shape index (κ1) is 20.0. The molecule has 0 spiro atoms. The minimum Gasteiger partial charge on any atom is -0.463 e. The maximum absolute atomic E-state index is 12.8. The highest BCUT2D eigenvalue weighted by molar-refractivity contribution is 6.01. The lowest BCUT2D eigenvalue weighted by atomic mass is 9.97. The van der Waals surface area contributed by atoms with Crippen molar-refractivity contribution < 1.29 is 9.21 Å². The predicted molar refractivity (Wildman–Crippen MR) is 123 cm³/mol. The molecule has 4 aromatic rings. The van der Waals surface area contributed by atoms with Crippen LogP contribution in [0.1, 0.15) is 42.7 Å². The number of aromatic nitrogens is 2. The van der Waals surface area contributed by atoms with Gasteiger partial charge in [0.1, 0.15) is 11.5 Å². The van der Waals surface area contributed by atoms with E-state index in [0.717, 1.165) is 28.2 Å². The van der Waals surface area contributed by atoms with Crippen LogP contribution in [0.25, 0.3) is 16.9 Å². The Balaban J connectivity index is 1.63. The molecule has 0 unspecified atom stereocenters. The highest BCUT2D eigenvalue weighted by atomic mass is 16.3. The second-order valence-electron chi connectivity index (χ2n) is 7.91. The number of aryl methyl sites for hydroxylation is 1. The van der Waals surface area contributed by atoms with Gasteiger partial charge in [-0.15, -0.1) is 0 Å². The van der Waals surface area contributed by atoms with Crippen LogP contribution in [0.3, 0.4) is 0 Å². The second kappa shape index (κ2) is 8.30. The Kier molecular flexibility index (Phi) is 5.19. The van der Waals surface area contributed by atoms with Crippen LogP contribution >= 0.6 is 0 Å². The average Bonchev–Trinajstić information content (AvgIpc) is 3.58. The lowest BCUT2D eigenvalue weighted by Crippen LogP contribution is -2.26. The zero-order chi connectivity index (χ0) is 22.1.